The van der Waals surface area contributed by atoms with Crippen molar-refractivity contribution in [1.29, 1.82) is 0 Å². The minimum atomic E-state index is 0.467. The molecule has 0 saturated heterocycles. The first-order valence-corrected chi connectivity index (χ1v) is 7.40. The Morgan fingerprint density at radius 1 is 0.938 bits per heavy atom. The number of alkyl halides is 1. The van der Waals surface area contributed by atoms with Crippen LogP contribution in [0.5, 0.6) is 0 Å². The number of rotatable bonds is 12. The van der Waals surface area contributed by atoms with Crippen LogP contribution in [-0.2, 0) is 0 Å². The Labute approximate surface area is 106 Å². The predicted molar refractivity (Wildman–Crippen MR) is 73.7 cm³/mol. The van der Waals surface area contributed by atoms with E-state index in [1.165, 1.54) is 51.4 Å². The molecule has 0 aliphatic carbocycles. The van der Waals surface area contributed by atoms with E-state index in [1.54, 1.807) is 0 Å². The van der Waals surface area contributed by atoms with Crippen LogP contribution in [0.25, 0.3) is 0 Å². The van der Waals surface area contributed by atoms with E-state index in [2.05, 4.69) is 12.3 Å². The van der Waals surface area contributed by atoms with Crippen molar-refractivity contribution in [2.45, 2.75) is 77.2 Å². The van der Waals surface area contributed by atoms with Gasteiger partial charge in [-0.3, -0.25) is 11.3 Å². The molecule has 0 fully saturated rings. The predicted octanol–water partition coefficient (Wildman–Crippen LogP) is 3.98. The van der Waals surface area contributed by atoms with Crippen LogP contribution in [0.4, 0.5) is 0 Å². The summed E-state index contributed by atoms with van der Waals surface area (Å²) in [6, 6.07) is 0.467. The second-order valence-corrected chi connectivity index (χ2v) is 4.98. The van der Waals surface area contributed by atoms with Gasteiger partial charge in [0, 0.05) is 11.9 Å². The Morgan fingerprint density at radius 3 is 2.06 bits per heavy atom. The van der Waals surface area contributed by atoms with Crippen molar-refractivity contribution in [3.63, 3.8) is 0 Å². The number of hydrogen-bond donors (Lipinski definition) is 2. The summed E-state index contributed by atoms with van der Waals surface area (Å²) in [6.45, 7) is 2.26. The highest BCUT2D eigenvalue weighted by molar-refractivity contribution is 6.17. The molecule has 0 bridgehead atoms. The summed E-state index contributed by atoms with van der Waals surface area (Å²) in [6.07, 6.45) is 12.9. The molecule has 0 radical (unpaired) electrons. The van der Waals surface area contributed by atoms with E-state index >= 15 is 0 Å². The summed E-state index contributed by atoms with van der Waals surface area (Å²) in [4.78, 5) is 0. The molecule has 0 aliphatic heterocycles. The molecule has 0 saturated carbocycles. The average Bonchev–Trinajstić information content (AvgIpc) is 2.32. The van der Waals surface area contributed by atoms with Gasteiger partial charge in [0.05, 0.1) is 0 Å². The summed E-state index contributed by atoms with van der Waals surface area (Å²) in [7, 11) is 0. The minimum Gasteiger partial charge on any atom is -0.271 e. The SMILES string of the molecule is CCCCCCCCCC(CCCCl)NN. The van der Waals surface area contributed by atoms with Crippen molar-refractivity contribution < 1.29 is 0 Å². The number of nitrogens with one attached hydrogen (secondary N) is 1. The third kappa shape index (κ3) is 10.7. The Bertz CT molecular complexity index is 131. The normalized spacial score (nSPS) is 12.9. The summed E-state index contributed by atoms with van der Waals surface area (Å²) < 4.78 is 0. The third-order valence-corrected chi connectivity index (χ3v) is 3.35. The van der Waals surface area contributed by atoms with Crippen LogP contribution in [0.1, 0.15) is 71.1 Å². The second-order valence-electron chi connectivity index (χ2n) is 4.60. The maximum Gasteiger partial charge on any atom is 0.0224 e. The quantitative estimate of drug-likeness (QED) is 0.237. The summed E-state index contributed by atoms with van der Waals surface area (Å²) >= 11 is 5.67. The van der Waals surface area contributed by atoms with Crippen LogP contribution in [-0.4, -0.2) is 11.9 Å². The molecule has 0 amide bonds. The topological polar surface area (TPSA) is 38.0 Å². The molecule has 0 aromatic rings. The molecule has 0 aromatic heterocycles. The van der Waals surface area contributed by atoms with E-state index in [4.69, 9.17) is 17.4 Å². The first-order chi connectivity index (χ1) is 7.85. The van der Waals surface area contributed by atoms with Gasteiger partial charge in [-0.15, -0.1) is 11.6 Å². The number of hydrogen-bond acceptors (Lipinski definition) is 2. The van der Waals surface area contributed by atoms with E-state index in [1.807, 2.05) is 0 Å². The van der Waals surface area contributed by atoms with E-state index in [9.17, 15) is 0 Å². The van der Waals surface area contributed by atoms with Gasteiger partial charge in [0.2, 0.25) is 0 Å². The first kappa shape index (κ1) is 16.2. The van der Waals surface area contributed by atoms with Gasteiger partial charge in [-0.05, 0) is 19.3 Å². The molecule has 98 valence electrons. The van der Waals surface area contributed by atoms with Gasteiger partial charge >= 0.3 is 0 Å². The molecule has 0 rings (SSSR count). The molecule has 3 N–H and O–H groups in total. The van der Waals surface area contributed by atoms with Crippen LogP contribution in [0.15, 0.2) is 0 Å². The lowest BCUT2D eigenvalue weighted by atomic mass is 10.0. The van der Waals surface area contributed by atoms with Crippen LogP contribution in [0, 0.1) is 0 Å². The zero-order valence-electron chi connectivity index (χ0n) is 10.8. The molecule has 0 heterocycles. The van der Waals surface area contributed by atoms with Gasteiger partial charge in [-0.2, -0.15) is 0 Å². The molecule has 0 aromatic carbocycles. The van der Waals surface area contributed by atoms with Gasteiger partial charge in [-0.1, -0.05) is 51.9 Å². The molecular weight excluding hydrogens is 220 g/mol. The zero-order valence-corrected chi connectivity index (χ0v) is 11.6. The fraction of sp³-hybridized carbons (Fsp3) is 1.00. The van der Waals surface area contributed by atoms with Crippen LogP contribution < -0.4 is 11.3 Å². The Balaban J connectivity index is 3.20. The highest BCUT2D eigenvalue weighted by Gasteiger charge is 2.04. The maximum atomic E-state index is 5.67. The van der Waals surface area contributed by atoms with Crippen LogP contribution in [0.3, 0.4) is 0 Å². The Morgan fingerprint density at radius 2 is 1.50 bits per heavy atom. The lowest BCUT2D eigenvalue weighted by Crippen LogP contribution is -2.35. The fourth-order valence-electron chi connectivity index (χ4n) is 1.98. The van der Waals surface area contributed by atoms with E-state index in [0.717, 1.165) is 18.7 Å². The Kier molecular flexibility index (Phi) is 13.4. The number of unbranched alkanes of at least 4 members (excludes halogenated alkanes) is 6. The monoisotopic (exact) mass is 248 g/mol. The molecule has 1 unspecified atom stereocenters. The van der Waals surface area contributed by atoms with Gasteiger partial charge < -0.3 is 0 Å². The first-order valence-electron chi connectivity index (χ1n) is 6.87. The minimum absolute atomic E-state index is 0.467. The van der Waals surface area contributed by atoms with Crippen molar-refractivity contribution in [2.24, 2.45) is 5.84 Å². The number of halogens is 1. The molecule has 2 nitrogen and oxygen atoms in total. The third-order valence-electron chi connectivity index (χ3n) is 3.08. The van der Waals surface area contributed by atoms with E-state index in [-0.39, 0.29) is 0 Å². The summed E-state index contributed by atoms with van der Waals surface area (Å²) in [5.41, 5.74) is 2.89. The van der Waals surface area contributed by atoms with Crippen molar-refractivity contribution >= 4 is 11.6 Å². The largest absolute Gasteiger partial charge is 0.271 e. The zero-order chi connectivity index (χ0) is 12.1. The Hall–Kier alpha value is 0.210. The lowest BCUT2D eigenvalue weighted by molar-refractivity contribution is 0.435. The molecule has 3 heteroatoms. The van der Waals surface area contributed by atoms with Gasteiger partial charge in [0.1, 0.15) is 0 Å². The smallest absolute Gasteiger partial charge is 0.0224 e. The number of nitrogens with two attached hydrogens (primary N) is 1. The van der Waals surface area contributed by atoms with E-state index in [0.29, 0.717) is 6.04 Å². The lowest BCUT2D eigenvalue weighted by Gasteiger charge is -2.14. The molecule has 16 heavy (non-hydrogen) atoms. The highest BCUT2D eigenvalue weighted by Crippen LogP contribution is 2.11. The van der Waals surface area contributed by atoms with Crippen LogP contribution >= 0.6 is 11.6 Å². The molecular formula is C13H29ClN2. The fourth-order valence-corrected chi connectivity index (χ4v) is 2.14. The second kappa shape index (κ2) is 13.3. The summed E-state index contributed by atoms with van der Waals surface area (Å²) in [5.74, 6) is 6.25. The van der Waals surface area contributed by atoms with Gasteiger partial charge in [-0.25, -0.2) is 0 Å². The van der Waals surface area contributed by atoms with Gasteiger partial charge in [0.25, 0.3) is 0 Å². The standard InChI is InChI=1S/C13H29ClN2/c1-2-3-4-5-6-7-8-10-13(16-15)11-9-12-14/h13,16H,2-12,15H2,1H3. The molecule has 1 atom stereocenters. The average molecular weight is 249 g/mol. The van der Waals surface area contributed by atoms with Gasteiger partial charge in [0.15, 0.2) is 0 Å². The molecule has 0 aliphatic rings. The molecule has 0 spiro atoms. The van der Waals surface area contributed by atoms with Crippen molar-refractivity contribution in [3.05, 3.63) is 0 Å². The summed E-state index contributed by atoms with van der Waals surface area (Å²) in [5, 5.41) is 0. The van der Waals surface area contributed by atoms with Crippen molar-refractivity contribution in [1.82, 2.24) is 5.43 Å². The maximum absolute atomic E-state index is 5.67. The van der Waals surface area contributed by atoms with Crippen LogP contribution in [0.2, 0.25) is 0 Å². The highest BCUT2D eigenvalue weighted by atomic mass is 35.5. The number of hydrazine groups is 1. The van der Waals surface area contributed by atoms with E-state index < -0.39 is 0 Å². The van der Waals surface area contributed by atoms with Crippen molar-refractivity contribution in [2.75, 3.05) is 5.88 Å². The van der Waals surface area contributed by atoms with Crippen molar-refractivity contribution in [3.8, 4) is 0 Å².